The van der Waals surface area contributed by atoms with Gasteiger partial charge in [-0.25, -0.2) is 4.79 Å². The van der Waals surface area contributed by atoms with Crippen LogP contribution in [-0.4, -0.2) is 61.1 Å². The molecule has 5 heteroatoms. The fourth-order valence-corrected chi connectivity index (χ4v) is 2.75. The van der Waals surface area contributed by atoms with Gasteiger partial charge in [0.25, 0.3) is 0 Å². The van der Waals surface area contributed by atoms with Crippen LogP contribution in [0.25, 0.3) is 0 Å². The zero-order valence-electron chi connectivity index (χ0n) is 10.7. The van der Waals surface area contributed by atoms with Crippen molar-refractivity contribution in [1.82, 2.24) is 15.1 Å². The number of nitrogens with two attached hydrogens (primary N) is 1. The van der Waals surface area contributed by atoms with E-state index in [1.165, 1.54) is 0 Å². The van der Waals surface area contributed by atoms with E-state index in [-0.39, 0.29) is 6.03 Å². The van der Waals surface area contributed by atoms with Gasteiger partial charge in [-0.05, 0) is 18.9 Å². The average molecular weight is 240 g/mol. The maximum atomic E-state index is 11.4. The van der Waals surface area contributed by atoms with E-state index >= 15 is 0 Å². The highest BCUT2D eigenvalue weighted by atomic mass is 16.2. The topological polar surface area (TPSA) is 61.6 Å². The smallest absolute Gasteiger partial charge is 0.317 e. The molecule has 0 aromatic carbocycles. The average Bonchev–Trinajstić information content (AvgIpc) is 2.74. The van der Waals surface area contributed by atoms with Gasteiger partial charge in [0, 0.05) is 38.8 Å². The summed E-state index contributed by atoms with van der Waals surface area (Å²) in [5.74, 6) is 0.621. The van der Waals surface area contributed by atoms with Gasteiger partial charge in [-0.15, -0.1) is 0 Å². The molecule has 2 unspecified atom stereocenters. The summed E-state index contributed by atoms with van der Waals surface area (Å²) >= 11 is 0. The highest BCUT2D eigenvalue weighted by Gasteiger charge is 2.26. The van der Waals surface area contributed by atoms with Crippen LogP contribution in [0.15, 0.2) is 0 Å². The van der Waals surface area contributed by atoms with Gasteiger partial charge < -0.3 is 20.9 Å². The summed E-state index contributed by atoms with van der Waals surface area (Å²) in [5, 5.41) is 2.83. The van der Waals surface area contributed by atoms with E-state index in [1.807, 2.05) is 4.90 Å². The number of nitrogens with zero attached hydrogens (tertiary/aromatic N) is 2. The van der Waals surface area contributed by atoms with Crippen LogP contribution in [0.3, 0.4) is 0 Å². The maximum Gasteiger partial charge on any atom is 0.317 e. The second-order valence-corrected chi connectivity index (χ2v) is 5.14. The van der Waals surface area contributed by atoms with Gasteiger partial charge in [0.1, 0.15) is 0 Å². The molecule has 2 atom stereocenters. The van der Waals surface area contributed by atoms with Crippen LogP contribution in [0.1, 0.15) is 19.8 Å². The van der Waals surface area contributed by atoms with Crippen LogP contribution in [0.2, 0.25) is 0 Å². The van der Waals surface area contributed by atoms with Gasteiger partial charge in [0.15, 0.2) is 0 Å². The molecule has 0 aliphatic carbocycles. The van der Waals surface area contributed by atoms with Crippen molar-refractivity contribution in [3.63, 3.8) is 0 Å². The van der Waals surface area contributed by atoms with Crippen molar-refractivity contribution in [2.45, 2.75) is 25.8 Å². The Labute approximate surface area is 103 Å². The number of likely N-dealkylation sites (tertiary alicyclic amines) is 1. The molecule has 2 saturated heterocycles. The van der Waals surface area contributed by atoms with Gasteiger partial charge in [0.2, 0.25) is 0 Å². The normalized spacial score (nSPS) is 30.7. The molecule has 5 nitrogen and oxygen atoms in total. The number of hydrogen-bond acceptors (Lipinski definition) is 3. The summed E-state index contributed by atoms with van der Waals surface area (Å²) in [7, 11) is 0. The van der Waals surface area contributed by atoms with Crippen molar-refractivity contribution < 1.29 is 4.79 Å². The van der Waals surface area contributed by atoms with E-state index in [0.29, 0.717) is 12.0 Å². The summed E-state index contributed by atoms with van der Waals surface area (Å²) in [5.41, 5.74) is 6.09. The lowest BCUT2D eigenvalue weighted by molar-refractivity contribution is 0.139. The molecular weight excluding hydrogens is 216 g/mol. The Morgan fingerprint density at radius 3 is 2.88 bits per heavy atom. The minimum atomic E-state index is 0.0887. The first kappa shape index (κ1) is 12.6. The molecule has 0 bridgehead atoms. The zero-order valence-corrected chi connectivity index (χ0v) is 10.7. The summed E-state index contributed by atoms with van der Waals surface area (Å²) in [6.07, 6.45) is 2.24. The first-order chi connectivity index (χ1) is 8.20. The third-order valence-electron chi connectivity index (χ3n) is 4.03. The van der Waals surface area contributed by atoms with Crippen molar-refractivity contribution in [1.29, 1.82) is 0 Å². The highest BCUT2D eigenvalue weighted by molar-refractivity contribution is 5.76. The number of urea groups is 1. The lowest BCUT2D eigenvalue weighted by atomic mass is 9.91. The molecule has 2 aliphatic rings. The summed E-state index contributed by atoms with van der Waals surface area (Å²) in [4.78, 5) is 15.7. The lowest BCUT2D eigenvalue weighted by Crippen LogP contribution is -2.48. The number of hydrogen-bond donors (Lipinski definition) is 2. The fraction of sp³-hybridized carbons (Fsp3) is 0.917. The van der Waals surface area contributed by atoms with Gasteiger partial charge in [-0.3, -0.25) is 0 Å². The Morgan fingerprint density at radius 2 is 2.24 bits per heavy atom. The standard InChI is InChI=1S/C12H24N4O/c1-2-10-9-15(5-3-11(10)13)7-8-16-6-4-14-12(16)17/h10-11H,2-9,13H2,1H3,(H,14,17). The highest BCUT2D eigenvalue weighted by Crippen LogP contribution is 2.18. The van der Waals surface area contributed by atoms with E-state index in [2.05, 4.69) is 17.1 Å². The van der Waals surface area contributed by atoms with Crippen LogP contribution in [0.5, 0.6) is 0 Å². The maximum absolute atomic E-state index is 11.4. The van der Waals surface area contributed by atoms with E-state index in [1.54, 1.807) is 0 Å². The minimum Gasteiger partial charge on any atom is -0.336 e. The molecule has 0 aromatic heterocycles. The molecule has 0 spiro atoms. The number of nitrogens with one attached hydrogen (secondary N) is 1. The van der Waals surface area contributed by atoms with E-state index in [0.717, 1.165) is 52.1 Å². The minimum absolute atomic E-state index is 0.0887. The van der Waals surface area contributed by atoms with E-state index in [4.69, 9.17) is 5.73 Å². The fourth-order valence-electron chi connectivity index (χ4n) is 2.75. The molecule has 2 fully saturated rings. The summed E-state index contributed by atoms with van der Waals surface area (Å²) in [6.45, 7) is 7.85. The summed E-state index contributed by atoms with van der Waals surface area (Å²) in [6, 6.07) is 0.456. The summed E-state index contributed by atoms with van der Waals surface area (Å²) < 4.78 is 0. The Kier molecular flexibility index (Phi) is 4.23. The second-order valence-electron chi connectivity index (χ2n) is 5.14. The van der Waals surface area contributed by atoms with Crippen LogP contribution in [0.4, 0.5) is 4.79 Å². The Balaban J connectivity index is 1.74. The molecule has 2 rings (SSSR count). The Morgan fingerprint density at radius 1 is 1.41 bits per heavy atom. The van der Waals surface area contributed by atoms with Crippen LogP contribution >= 0.6 is 0 Å². The van der Waals surface area contributed by atoms with Crippen molar-refractivity contribution in [2.75, 3.05) is 39.3 Å². The van der Waals surface area contributed by atoms with Gasteiger partial charge >= 0.3 is 6.03 Å². The van der Waals surface area contributed by atoms with Crippen LogP contribution in [-0.2, 0) is 0 Å². The Bertz CT molecular complexity index is 271. The monoisotopic (exact) mass is 240 g/mol. The third kappa shape index (κ3) is 3.10. The van der Waals surface area contributed by atoms with Crippen molar-refractivity contribution in [3.05, 3.63) is 0 Å². The molecule has 0 radical (unpaired) electrons. The molecular formula is C12H24N4O. The number of carbonyl (C=O) groups excluding carboxylic acids is 1. The van der Waals surface area contributed by atoms with E-state index in [9.17, 15) is 4.79 Å². The van der Waals surface area contributed by atoms with Gasteiger partial charge in [-0.2, -0.15) is 0 Å². The van der Waals surface area contributed by atoms with Crippen molar-refractivity contribution in [3.8, 4) is 0 Å². The predicted octanol–water partition coefficient (Wildman–Crippen LogP) is 0.0708. The van der Waals surface area contributed by atoms with Gasteiger partial charge in [-0.1, -0.05) is 13.3 Å². The largest absolute Gasteiger partial charge is 0.336 e. The first-order valence-corrected chi connectivity index (χ1v) is 6.71. The number of carbonyl (C=O) groups is 1. The molecule has 0 saturated carbocycles. The quantitative estimate of drug-likeness (QED) is 0.731. The van der Waals surface area contributed by atoms with Crippen molar-refractivity contribution >= 4 is 6.03 Å². The molecule has 0 aromatic rings. The molecule has 3 N–H and O–H groups in total. The van der Waals surface area contributed by atoms with Crippen molar-refractivity contribution in [2.24, 2.45) is 11.7 Å². The first-order valence-electron chi connectivity index (χ1n) is 6.71. The molecule has 2 amide bonds. The van der Waals surface area contributed by atoms with E-state index < -0.39 is 0 Å². The molecule has 17 heavy (non-hydrogen) atoms. The molecule has 98 valence electrons. The molecule has 2 heterocycles. The lowest BCUT2D eigenvalue weighted by Gasteiger charge is -2.37. The third-order valence-corrected chi connectivity index (χ3v) is 4.03. The number of piperidine rings is 1. The van der Waals surface area contributed by atoms with Crippen LogP contribution < -0.4 is 11.1 Å². The SMILES string of the molecule is CCC1CN(CCN2CCNC2=O)CCC1N. The van der Waals surface area contributed by atoms with Gasteiger partial charge in [0.05, 0.1) is 0 Å². The predicted molar refractivity (Wildman–Crippen MR) is 67.8 cm³/mol. The molecule has 2 aliphatic heterocycles. The zero-order chi connectivity index (χ0) is 12.3. The Hall–Kier alpha value is -0.810. The number of amides is 2. The van der Waals surface area contributed by atoms with Crippen LogP contribution in [0, 0.1) is 5.92 Å². The number of rotatable bonds is 4. The second kappa shape index (κ2) is 5.69.